The molecular weight excluding hydrogens is 452 g/mol. The second kappa shape index (κ2) is 10.7. The molecule has 2 aliphatic heterocycles. The zero-order valence-corrected chi connectivity index (χ0v) is 19.9. The van der Waals surface area contributed by atoms with Crippen molar-refractivity contribution in [2.45, 2.75) is 63.8 Å². The maximum Gasteiger partial charge on any atom is 0.284 e. The summed E-state index contributed by atoms with van der Waals surface area (Å²) < 4.78 is 30.8. The molecule has 2 aliphatic rings. The quantitative estimate of drug-likeness (QED) is 0.419. The first-order chi connectivity index (χ1) is 17.1. The van der Waals surface area contributed by atoms with Gasteiger partial charge >= 0.3 is 0 Å². The Balaban J connectivity index is 1.45. The molecule has 3 N–H and O–H groups in total. The lowest BCUT2D eigenvalue weighted by Gasteiger charge is -2.23. The molecule has 3 aromatic rings. The van der Waals surface area contributed by atoms with Crippen molar-refractivity contribution in [2.24, 2.45) is 10.7 Å². The van der Waals surface area contributed by atoms with Gasteiger partial charge in [-0.1, -0.05) is 25.7 Å². The Bertz CT molecular complexity index is 1150. The minimum absolute atomic E-state index is 0.0714. The van der Waals surface area contributed by atoms with E-state index >= 15 is 0 Å². The van der Waals surface area contributed by atoms with Crippen molar-refractivity contribution in [3.8, 4) is 0 Å². The summed E-state index contributed by atoms with van der Waals surface area (Å²) in [6.45, 7) is 3.60. The number of nitrogens with zero attached hydrogens (tertiary/aromatic N) is 7. The topological polar surface area (TPSA) is 102 Å². The number of hydrogen-bond acceptors (Lipinski definition) is 6. The van der Waals surface area contributed by atoms with E-state index in [9.17, 15) is 8.78 Å². The van der Waals surface area contributed by atoms with E-state index in [2.05, 4.69) is 25.4 Å². The van der Waals surface area contributed by atoms with Gasteiger partial charge in [-0.05, 0) is 44.8 Å². The number of piperidine rings is 1. The van der Waals surface area contributed by atoms with E-state index in [0.717, 1.165) is 57.7 Å². The third-order valence-corrected chi connectivity index (χ3v) is 6.93. The van der Waals surface area contributed by atoms with Crippen molar-refractivity contribution in [1.29, 1.82) is 0 Å². The molecule has 3 aromatic heterocycles. The zero-order chi connectivity index (χ0) is 24.2. The van der Waals surface area contributed by atoms with Crippen molar-refractivity contribution >= 4 is 23.0 Å². The summed E-state index contributed by atoms with van der Waals surface area (Å²) in [4.78, 5) is 11.5. The predicted octanol–water partition coefficient (Wildman–Crippen LogP) is 3.99. The third kappa shape index (κ3) is 5.29. The standard InChI is InChI=1S/C24H33F2N9/c25-22(26)21-19(16-35(32-21)17-7-10-28-11-8-17)30-23(27)18-15-29-34-14-9-20(31-24(18)34)33-12-5-3-1-2-4-6-13-33/h9,14-17,22,28H,1-8,10-13H2,(H2,27,30). The van der Waals surface area contributed by atoms with E-state index in [-0.39, 0.29) is 23.3 Å². The van der Waals surface area contributed by atoms with E-state index in [0.29, 0.717) is 11.2 Å². The normalized spacial score (nSPS) is 19.2. The van der Waals surface area contributed by atoms with Gasteiger partial charge in [0.05, 0.1) is 24.0 Å². The molecule has 0 unspecified atom stereocenters. The van der Waals surface area contributed by atoms with Gasteiger partial charge in [-0.3, -0.25) is 4.68 Å². The van der Waals surface area contributed by atoms with Crippen LogP contribution in [0.15, 0.2) is 29.6 Å². The Kier molecular flexibility index (Phi) is 7.21. The Morgan fingerprint density at radius 3 is 2.51 bits per heavy atom. The Labute approximate surface area is 203 Å². The first-order valence-corrected chi connectivity index (χ1v) is 12.6. The highest BCUT2D eigenvalue weighted by molar-refractivity contribution is 6.03. The number of nitrogens with one attached hydrogen (secondary N) is 1. The van der Waals surface area contributed by atoms with E-state index in [1.54, 1.807) is 21.6 Å². The average molecular weight is 486 g/mol. The molecule has 2 saturated heterocycles. The monoisotopic (exact) mass is 485 g/mol. The van der Waals surface area contributed by atoms with E-state index in [1.807, 2.05) is 12.3 Å². The number of nitrogens with two attached hydrogens (primary N) is 1. The van der Waals surface area contributed by atoms with Crippen LogP contribution in [0.1, 0.15) is 75.1 Å². The number of aromatic nitrogens is 5. The van der Waals surface area contributed by atoms with Crippen LogP contribution in [0, 0.1) is 0 Å². The van der Waals surface area contributed by atoms with Crippen LogP contribution in [0.25, 0.3) is 5.65 Å². The fraction of sp³-hybridized carbons (Fsp3) is 0.583. The highest BCUT2D eigenvalue weighted by atomic mass is 19.3. The number of anilines is 1. The minimum atomic E-state index is -2.74. The van der Waals surface area contributed by atoms with Gasteiger partial charge in [0.2, 0.25) is 0 Å². The number of alkyl halides is 2. The van der Waals surface area contributed by atoms with E-state index < -0.39 is 6.43 Å². The van der Waals surface area contributed by atoms with Gasteiger partial charge in [-0.25, -0.2) is 23.3 Å². The summed E-state index contributed by atoms with van der Waals surface area (Å²) in [6.07, 6.45) is 11.3. The molecule has 0 atom stereocenters. The SMILES string of the molecule is NC(=Nc1cn(C2CCNCC2)nc1C(F)F)c1cnn2ccc(N3CCCCCCCC3)nc12. The summed E-state index contributed by atoms with van der Waals surface area (Å²) in [5.74, 6) is 0.974. The predicted molar refractivity (Wildman–Crippen MR) is 132 cm³/mol. The highest BCUT2D eigenvalue weighted by Crippen LogP contribution is 2.31. The Morgan fingerprint density at radius 1 is 1.09 bits per heavy atom. The molecule has 0 amide bonds. The number of rotatable bonds is 5. The van der Waals surface area contributed by atoms with Crippen molar-refractivity contribution < 1.29 is 8.78 Å². The molecule has 0 bridgehead atoms. The first-order valence-electron chi connectivity index (χ1n) is 12.6. The maximum absolute atomic E-state index is 13.8. The van der Waals surface area contributed by atoms with Crippen LogP contribution in [-0.4, -0.2) is 56.4 Å². The number of halogens is 2. The van der Waals surface area contributed by atoms with Crippen molar-refractivity contribution in [1.82, 2.24) is 29.7 Å². The molecule has 0 spiro atoms. The third-order valence-electron chi connectivity index (χ3n) is 6.93. The molecule has 11 heteroatoms. The fourth-order valence-corrected chi connectivity index (χ4v) is 4.96. The lowest BCUT2D eigenvalue weighted by atomic mass is 10.1. The highest BCUT2D eigenvalue weighted by Gasteiger charge is 2.24. The molecule has 188 valence electrons. The fourth-order valence-electron chi connectivity index (χ4n) is 4.96. The minimum Gasteiger partial charge on any atom is -0.383 e. The molecule has 35 heavy (non-hydrogen) atoms. The molecule has 0 saturated carbocycles. The van der Waals surface area contributed by atoms with Gasteiger partial charge in [0, 0.05) is 19.3 Å². The van der Waals surface area contributed by atoms with Crippen LogP contribution in [0.2, 0.25) is 0 Å². The molecule has 0 aliphatic carbocycles. The molecule has 2 fully saturated rings. The smallest absolute Gasteiger partial charge is 0.284 e. The van der Waals surface area contributed by atoms with Crippen LogP contribution in [0.4, 0.5) is 20.3 Å². The van der Waals surface area contributed by atoms with Crippen LogP contribution >= 0.6 is 0 Å². The van der Waals surface area contributed by atoms with Gasteiger partial charge < -0.3 is 16.0 Å². The summed E-state index contributed by atoms with van der Waals surface area (Å²) in [5.41, 5.74) is 7.16. The van der Waals surface area contributed by atoms with E-state index in [1.165, 1.54) is 25.7 Å². The van der Waals surface area contributed by atoms with Crippen molar-refractivity contribution in [3.63, 3.8) is 0 Å². The van der Waals surface area contributed by atoms with Gasteiger partial charge in [-0.2, -0.15) is 10.2 Å². The Hall–Kier alpha value is -3.08. The summed E-state index contributed by atoms with van der Waals surface area (Å²) in [6, 6.07) is 2.04. The van der Waals surface area contributed by atoms with Crippen molar-refractivity contribution in [3.05, 3.63) is 35.9 Å². The van der Waals surface area contributed by atoms with E-state index in [4.69, 9.17) is 10.7 Å². The molecular formula is C24H33F2N9. The van der Waals surface area contributed by atoms with Crippen LogP contribution in [0.5, 0.6) is 0 Å². The molecule has 5 heterocycles. The second-order valence-corrected chi connectivity index (χ2v) is 9.38. The summed E-state index contributed by atoms with van der Waals surface area (Å²) in [5, 5.41) is 11.8. The summed E-state index contributed by atoms with van der Waals surface area (Å²) >= 11 is 0. The van der Waals surface area contributed by atoms with Crippen LogP contribution in [0.3, 0.4) is 0 Å². The molecule has 9 nitrogen and oxygen atoms in total. The summed E-state index contributed by atoms with van der Waals surface area (Å²) in [7, 11) is 0. The first kappa shape index (κ1) is 23.7. The lowest BCUT2D eigenvalue weighted by Crippen LogP contribution is -2.29. The number of hydrogen-bond donors (Lipinski definition) is 2. The van der Waals surface area contributed by atoms with Crippen molar-refractivity contribution in [2.75, 3.05) is 31.1 Å². The second-order valence-electron chi connectivity index (χ2n) is 9.38. The van der Waals surface area contributed by atoms with Crippen LogP contribution in [-0.2, 0) is 0 Å². The number of amidine groups is 1. The maximum atomic E-state index is 13.8. The van der Waals surface area contributed by atoms with Gasteiger partial charge in [0.15, 0.2) is 11.3 Å². The van der Waals surface area contributed by atoms with Gasteiger partial charge in [0.1, 0.15) is 17.3 Å². The van der Waals surface area contributed by atoms with Crippen LogP contribution < -0.4 is 16.0 Å². The Morgan fingerprint density at radius 2 is 1.80 bits per heavy atom. The average Bonchev–Trinajstić information content (AvgIpc) is 3.51. The lowest BCUT2D eigenvalue weighted by molar-refractivity contribution is 0.144. The number of fused-ring (bicyclic) bond motifs is 1. The number of aliphatic imine (C=N–C) groups is 1. The van der Waals surface area contributed by atoms with Gasteiger partial charge in [-0.15, -0.1) is 0 Å². The molecule has 0 aromatic carbocycles. The molecule has 5 rings (SSSR count). The largest absolute Gasteiger partial charge is 0.383 e. The molecule has 0 radical (unpaired) electrons. The van der Waals surface area contributed by atoms with Gasteiger partial charge in [0.25, 0.3) is 6.43 Å². The zero-order valence-electron chi connectivity index (χ0n) is 19.9.